The second-order valence-corrected chi connectivity index (χ2v) is 30.1. The predicted molar refractivity (Wildman–Crippen MR) is 377 cm³/mol. The van der Waals surface area contributed by atoms with Crippen molar-refractivity contribution in [3.05, 3.63) is 0 Å². The van der Waals surface area contributed by atoms with Gasteiger partial charge in [-0.15, -0.1) is 0 Å². The summed E-state index contributed by atoms with van der Waals surface area (Å²) >= 11 is 0. The van der Waals surface area contributed by atoms with Gasteiger partial charge >= 0.3 is 39.5 Å². The zero-order chi connectivity index (χ0) is 68.6. The topological polar surface area (TPSA) is 237 Å². The first-order valence-corrected chi connectivity index (χ1v) is 41.6. The van der Waals surface area contributed by atoms with Crippen LogP contribution in [0.5, 0.6) is 0 Å². The summed E-state index contributed by atoms with van der Waals surface area (Å²) in [5.41, 5.74) is 0. The van der Waals surface area contributed by atoms with Crippen molar-refractivity contribution >= 4 is 39.5 Å². The van der Waals surface area contributed by atoms with Gasteiger partial charge < -0.3 is 33.8 Å². The van der Waals surface area contributed by atoms with E-state index in [0.717, 1.165) is 108 Å². The molecular weight excluding hydrogens is 1220 g/mol. The summed E-state index contributed by atoms with van der Waals surface area (Å²) in [6.07, 6.45) is 52.6. The normalized spacial score (nSPS) is 14.6. The molecule has 3 N–H and O–H groups in total. The largest absolute Gasteiger partial charge is 0.472 e. The minimum Gasteiger partial charge on any atom is -0.462 e. The second-order valence-electron chi connectivity index (χ2n) is 27.2. The van der Waals surface area contributed by atoms with Gasteiger partial charge in [0, 0.05) is 25.7 Å². The third-order valence-corrected chi connectivity index (χ3v) is 19.8. The summed E-state index contributed by atoms with van der Waals surface area (Å²) in [6.45, 7) is 9.61. The molecule has 0 aliphatic rings. The molecule has 0 heterocycles. The van der Waals surface area contributed by atoms with Crippen molar-refractivity contribution in [2.75, 3.05) is 39.6 Å². The smallest absolute Gasteiger partial charge is 0.462 e. The fourth-order valence-corrected chi connectivity index (χ4v) is 12.8. The fraction of sp³-hybridized carbons (Fsp3) is 0.946. The molecule has 17 nitrogen and oxygen atoms in total. The van der Waals surface area contributed by atoms with Gasteiger partial charge in [0.05, 0.1) is 26.4 Å². The second kappa shape index (κ2) is 66.0. The summed E-state index contributed by atoms with van der Waals surface area (Å²) in [5.74, 6) is -0.505. The Morgan fingerprint density at radius 2 is 0.516 bits per heavy atom. The minimum atomic E-state index is -4.96. The Morgan fingerprint density at radius 3 is 0.763 bits per heavy atom. The molecule has 0 radical (unpaired) electrons. The molecule has 0 amide bonds. The molecule has 0 saturated carbocycles. The first-order valence-electron chi connectivity index (χ1n) is 38.6. The van der Waals surface area contributed by atoms with Crippen molar-refractivity contribution in [3.63, 3.8) is 0 Å². The highest BCUT2D eigenvalue weighted by atomic mass is 31.2. The summed E-state index contributed by atoms with van der Waals surface area (Å²) < 4.78 is 68.4. The number of ether oxygens (including phenoxy) is 4. The first kappa shape index (κ1) is 91.1. The van der Waals surface area contributed by atoms with Crippen LogP contribution in [0.15, 0.2) is 0 Å². The summed E-state index contributed by atoms with van der Waals surface area (Å²) in [6, 6.07) is 0. The maximum atomic E-state index is 13.1. The summed E-state index contributed by atoms with van der Waals surface area (Å²) in [4.78, 5) is 72.6. The van der Waals surface area contributed by atoms with Crippen LogP contribution in [0.3, 0.4) is 0 Å². The number of rotatable bonds is 73. The van der Waals surface area contributed by atoms with Crippen molar-refractivity contribution in [2.24, 2.45) is 11.8 Å². The number of hydrogen-bond acceptors (Lipinski definition) is 15. The maximum absolute atomic E-state index is 13.1. The van der Waals surface area contributed by atoms with E-state index < -0.39 is 97.5 Å². The van der Waals surface area contributed by atoms with Crippen molar-refractivity contribution < 1.29 is 80.2 Å². The highest BCUT2D eigenvalue weighted by Crippen LogP contribution is 2.45. The number of carbonyl (C=O) groups excluding carboxylic acids is 4. The number of hydrogen-bond donors (Lipinski definition) is 3. The van der Waals surface area contributed by atoms with Crippen molar-refractivity contribution in [3.8, 4) is 0 Å². The monoisotopic (exact) mass is 1370 g/mol. The van der Waals surface area contributed by atoms with Gasteiger partial charge in [-0.25, -0.2) is 9.13 Å². The molecule has 4 unspecified atom stereocenters. The lowest BCUT2D eigenvalue weighted by molar-refractivity contribution is -0.161. The van der Waals surface area contributed by atoms with Crippen molar-refractivity contribution in [2.45, 2.75) is 400 Å². The molecule has 0 aromatic heterocycles. The van der Waals surface area contributed by atoms with Crippen LogP contribution in [-0.2, 0) is 65.4 Å². The summed E-state index contributed by atoms with van der Waals surface area (Å²) in [5, 5.41) is 10.6. The lowest BCUT2D eigenvalue weighted by Crippen LogP contribution is -2.30. The van der Waals surface area contributed by atoms with E-state index in [9.17, 15) is 43.2 Å². The molecule has 0 spiro atoms. The van der Waals surface area contributed by atoms with Crippen LogP contribution in [0.4, 0.5) is 0 Å². The highest BCUT2D eigenvalue weighted by molar-refractivity contribution is 7.47. The Kier molecular flexibility index (Phi) is 64.6. The van der Waals surface area contributed by atoms with Gasteiger partial charge in [0.1, 0.15) is 19.3 Å². The zero-order valence-electron chi connectivity index (χ0n) is 60.6. The van der Waals surface area contributed by atoms with E-state index in [1.54, 1.807) is 0 Å². The molecule has 0 aliphatic heterocycles. The van der Waals surface area contributed by atoms with E-state index in [1.165, 1.54) is 193 Å². The van der Waals surface area contributed by atoms with E-state index in [1.807, 2.05) is 0 Å². The molecule has 7 atom stereocenters. The molecule has 0 saturated heterocycles. The first-order chi connectivity index (χ1) is 44.9. The van der Waals surface area contributed by atoms with Crippen LogP contribution in [-0.4, -0.2) is 96.7 Å². The molecule has 552 valence electrons. The van der Waals surface area contributed by atoms with Gasteiger partial charge in [-0.05, 0) is 37.5 Å². The zero-order valence-corrected chi connectivity index (χ0v) is 62.3. The molecule has 93 heavy (non-hydrogen) atoms. The number of unbranched alkanes of at least 4 members (excludes halogenated alkanes) is 41. The third kappa shape index (κ3) is 65.8. The van der Waals surface area contributed by atoms with Gasteiger partial charge in [-0.2, -0.15) is 0 Å². The van der Waals surface area contributed by atoms with E-state index in [4.69, 9.17) is 37.0 Å². The molecule has 0 aromatic rings. The van der Waals surface area contributed by atoms with E-state index in [-0.39, 0.29) is 25.7 Å². The van der Waals surface area contributed by atoms with Gasteiger partial charge in [0.25, 0.3) is 0 Å². The predicted octanol–water partition coefficient (Wildman–Crippen LogP) is 21.6. The maximum Gasteiger partial charge on any atom is 0.472 e. The Labute approximate surface area is 568 Å². The molecule has 0 rings (SSSR count). The van der Waals surface area contributed by atoms with Crippen LogP contribution < -0.4 is 0 Å². The average Bonchev–Trinajstić information content (AvgIpc) is 3.22. The number of phosphoric acid groups is 2. The van der Waals surface area contributed by atoms with E-state index in [0.29, 0.717) is 25.7 Å². The lowest BCUT2D eigenvalue weighted by Gasteiger charge is -2.21. The summed E-state index contributed by atoms with van der Waals surface area (Å²) in [7, 11) is -9.90. The molecule has 0 bridgehead atoms. The van der Waals surface area contributed by atoms with Gasteiger partial charge in [-0.3, -0.25) is 37.3 Å². The number of aliphatic hydroxyl groups is 1. The van der Waals surface area contributed by atoms with Crippen LogP contribution in [0.1, 0.15) is 382 Å². The number of carbonyl (C=O) groups is 4. The fourth-order valence-electron chi connectivity index (χ4n) is 11.2. The quantitative estimate of drug-likeness (QED) is 0.0222. The van der Waals surface area contributed by atoms with Crippen LogP contribution in [0.25, 0.3) is 0 Å². The molecular formula is C74H144O17P2. The Bertz CT molecular complexity index is 1810. The molecule has 0 fully saturated rings. The van der Waals surface area contributed by atoms with E-state index >= 15 is 0 Å². The van der Waals surface area contributed by atoms with Crippen LogP contribution in [0, 0.1) is 11.8 Å². The highest BCUT2D eigenvalue weighted by Gasteiger charge is 2.30. The Hall–Kier alpha value is -1.94. The van der Waals surface area contributed by atoms with Gasteiger partial charge in [-0.1, -0.05) is 330 Å². The minimum absolute atomic E-state index is 0.105. The van der Waals surface area contributed by atoms with Crippen molar-refractivity contribution in [1.29, 1.82) is 0 Å². The molecule has 19 heteroatoms. The molecule has 0 aliphatic carbocycles. The average molecular weight is 1370 g/mol. The van der Waals surface area contributed by atoms with Crippen LogP contribution >= 0.6 is 15.6 Å². The van der Waals surface area contributed by atoms with Gasteiger partial charge in [0.2, 0.25) is 0 Å². The standard InChI is InChI=1S/C74H144O17P2/c1-7-11-13-15-17-19-20-21-22-26-29-32-39-45-51-57-72(77)85-63-70(90-73(78)58-52-46-40-33-30-27-24-23-25-28-31-36-42-48-54-66(5)9-3)65-89-93(82,83)87-61-68(75)60-86-92(80,81)88-64-69(62-84-71(76)56-50-44-38-18-16-14-12-8-2)91-74(79)59-53-47-41-35-34-37-43-49-55-67(6)10-4/h66-70,75H,7-65H2,1-6H3,(H,80,81)(H,82,83)/t66?,67?,68-,69+,70+/m0/s1. The lowest BCUT2D eigenvalue weighted by atomic mass is 9.99. The van der Waals surface area contributed by atoms with Crippen molar-refractivity contribution in [1.82, 2.24) is 0 Å². The number of phosphoric ester groups is 2. The van der Waals surface area contributed by atoms with Gasteiger partial charge in [0.15, 0.2) is 12.2 Å². The van der Waals surface area contributed by atoms with Crippen LogP contribution in [0.2, 0.25) is 0 Å². The Morgan fingerprint density at radius 1 is 0.301 bits per heavy atom. The molecule has 0 aromatic carbocycles. The number of esters is 4. The van der Waals surface area contributed by atoms with E-state index in [2.05, 4.69) is 41.5 Å². The number of aliphatic hydroxyl groups excluding tert-OH is 1. The SMILES string of the molecule is CCCCCCCCCCCCCCCCCC(=O)OC[C@H](COP(=O)(O)OC[C@@H](O)COP(=O)(O)OC[C@@H](COC(=O)CCCCCCCCCC)OC(=O)CCCCCCCCCCC(C)CC)OC(=O)CCCCCCCCCCCCCCCCC(C)CC. The Balaban J connectivity index is 5.22. The third-order valence-electron chi connectivity index (χ3n) is 17.9.